The van der Waals surface area contributed by atoms with Crippen molar-refractivity contribution in [2.75, 3.05) is 5.32 Å². The van der Waals surface area contributed by atoms with Crippen LogP contribution in [0.15, 0.2) is 24.3 Å². The minimum absolute atomic E-state index is 0.188. The predicted octanol–water partition coefficient (Wildman–Crippen LogP) is 0.541. The molecule has 106 valence electrons. The molecule has 0 radical (unpaired) electrons. The molecule has 5 N–H and O–H groups in total. The molecule has 19 heavy (non-hydrogen) atoms. The molecule has 0 atom stereocenters. The molecule has 0 aliphatic rings. The Balaban J connectivity index is 2.65. The highest BCUT2D eigenvalue weighted by molar-refractivity contribution is 7.88. The molecule has 7 heteroatoms. The number of anilines is 1. The summed E-state index contributed by atoms with van der Waals surface area (Å²) in [5, 5.41) is 7.63. The van der Waals surface area contributed by atoms with Gasteiger partial charge >= 0.3 is 0 Å². The Kier molecular flexibility index (Phi) is 4.67. The van der Waals surface area contributed by atoms with Gasteiger partial charge in [0, 0.05) is 17.6 Å². The second-order valence-electron chi connectivity index (χ2n) is 5.22. The van der Waals surface area contributed by atoms with Gasteiger partial charge in [-0.3, -0.25) is 4.79 Å². The SMILES string of the molecule is CC(C)(N)CC(=O)Nc1ccc(CS(N)(=O)=O)cc1. The molecule has 0 aliphatic heterocycles. The number of rotatable bonds is 5. The van der Waals surface area contributed by atoms with E-state index in [1.165, 1.54) is 0 Å². The van der Waals surface area contributed by atoms with Gasteiger partial charge in [-0.05, 0) is 31.5 Å². The molecular formula is C12H19N3O3S. The van der Waals surface area contributed by atoms with Crippen molar-refractivity contribution in [1.29, 1.82) is 0 Å². The fourth-order valence-corrected chi connectivity index (χ4v) is 2.19. The Labute approximate surface area is 113 Å². The maximum atomic E-state index is 11.6. The minimum Gasteiger partial charge on any atom is -0.326 e. The van der Waals surface area contributed by atoms with E-state index in [-0.39, 0.29) is 18.1 Å². The first-order valence-electron chi connectivity index (χ1n) is 5.73. The number of carbonyl (C=O) groups excluding carboxylic acids is 1. The summed E-state index contributed by atoms with van der Waals surface area (Å²) in [6, 6.07) is 6.46. The van der Waals surface area contributed by atoms with Crippen molar-refractivity contribution in [3.8, 4) is 0 Å². The van der Waals surface area contributed by atoms with Crippen LogP contribution >= 0.6 is 0 Å². The van der Waals surface area contributed by atoms with Gasteiger partial charge in [-0.25, -0.2) is 13.6 Å². The summed E-state index contributed by atoms with van der Waals surface area (Å²) in [4.78, 5) is 11.6. The third-order valence-electron chi connectivity index (χ3n) is 2.22. The van der Waals surface area contributed by atoms with E-state index < -0.39 is 15.6 Å². The van der Waals surface area contributed by atoms with E-state index in [0.717, 1.165) is 0 Å². The van der Waals surface area contributed by atoms with Crippen LogP contribution in [-0.4, -0.2) is 19.9 Å². The maximum absolute atomic E-state index is 11.6. The zero-order valence-electron chi connectivity index (χ0n) is 11.0. The molecule has 0 spiro atoms. The van der Waals surface area contributed by atoms with E-state index in [2.05, 4.69) is 5.32 Å². The van der Waals surface area contributed by atoms with Gasteiger partial charge in [0.05, 0.1) is 5.75 Å². The number of benzene rings is 1. The summed E-state index contributed by atoms with van der Waals surface area (Å²) >= 11 is 0. The number of hydrogen-bond donors (Lipinski definition) is 3. The number of amides is 1. The summed E-state index contributed by atoms with van der Waals surface area (Å²) < 4.78 is 21.8. The molecular weight excluding hydrogens is 266 g/mol. The second-order valence-corrected chi connectivity index (χ2v) is 6.83. The van der Waals surface area contributed by atoms with Crippen molar-refractivity contribution in [1.82, 2.24) is 0 Å². The largest absolute Gasteiger partial charge is 0.326 e. The van der Waals surface area contributed by atoms with Gasteiger partial charge in [0.2, 0.25) is 15.9 Å². The molecule has 0 aromatic heterocycles. The van der Waals surface area contributed by atoms with Crippen LogP contribution in [0.25, 0.3) is 0 Å². The summed E-state index contributed by atoms with van der Waals surface area (Å²) in [5.41, 5.74) is 6.33. The van der Waals surface area contributed by atoms with Gasteiger partial charge in [0.1, 0.15) is 0 Å². The topological polar surface area (TPSA) is 115 Å². The lowest BCUT2D eigenvalue weighted by atomic mass is 10.0. The van der Waals surface area contributed by atoms with Crippen LogP contribution in [0.3, 0.4) is 0 Å². The Bertz CT molecular complexity index is 545. The van der Waals surface area contributed by atoms with E-state index in [0.29, 0.717) is 11.3 Å². The monoisotopic (exact) mass is 285 g/mol. The van der Waals surface area contributed by atoms with Gasteiger partial charge in [-0.1, -0.05) is 12.1 Å². The maximum Gasteiger partial charge on any atom is 0.226 e. The van der Waals surface area contributed by atoms with Crippen LogP contribution in [0.1, 0.15) is 25.8 Å². The number of primary sulfonamides is 1. The van der Waals surface area contributed by atoms with Crippen molar-refractivity contribution in [2.45, 2.75) is 31.6 Å². The van der Waals surface area contributed by atoms with Gasteiger partial charge in [0.15, 0.2) is 0 Å². The van der Waals surface area contributed by atoms with E-state index in [1.54, 1.807) is 38.1 Å². The van der Waals surface area contributed by atoms with Gasteiger partial charge < -0.3 is 11.1 Å². The van der Waals surface area contributed by atoms with Crippen molar-refractivity contribution >= 4 is 21.6 Å². The molecule has 1 amide bonds. The number of nitrogens with two attached hydrogens (primary N) is 2. The highest BCUT2D eigenvalue weighted by Crippen LogP contribution is 2.13. The van der Waals surface area contributed by atoms with Gasteiger partial charge in [0.25, 0.3) is 0 Å². The molecule has 0 saturated heterocycles. The van der Waals surface area contributed by atoms with E-state index in [1.807, 2.05) is 0 Å². The van der Waals surface area contributed by atoms with Crippen molar-refractivity contribution < 1.29 is 13.2 Å². The Morgan fingerprint density at radius 1 is 1.26 bits per heavy atom. The van der Waals surface area contributed by atoms with Crippen LogP contribution in [0, 0.1) is 0 Å². The van der Waals surface area contributed by atoms with Crippen LogP contribution < -0.4 is 16.2 Å². The fourth-order valence-electron chi connectivity index (χ4n) is 1.54. The van der Waals surface area contributed by atoms with E-state index >= 15 is 0 Å². The predicted molar refractivity (Wildman–Crippen MR) is 74.8 cm³/mol. The molecule has 0 fully saturated rings. The Morgan fingerprint density at radius 2 is 1.79 bits per heavy atom. The molecule has 1 aromatic rings. The number of hydrogen-bond acceptors (Lipinski definition) is 4. The fraction of sp³-hybridized carbons (Fsp3) is 0.417. The lowest BCUT2D eigenvalue weighted by molar-refractivity contribution is -0.117. The van der Waals surface area contributed by atoms with Crippen LogP contribution in [0.5, 0.6) is 0 Å². The lowest BCUT2D eigenvalue weighted by Crippen LogP contribution is -2.36. The first kappa shape index (κ1) is 15.6. The molecule has 0 saturated carbocycles. The van der Waals surface area contributed by atoms with Crippen molar-refractivity contribution in [3.05, 3.63) is 29.8 Å². The number of sulfonamides is 1. The molecule has 0 heterocycles. The normalized spacial score (nSPS) is 12.2. The molecule has 0 aliphatic carbocycles. The number of nitrogens with one attached hydrogen (secondary N) is 1. The van der Waals surface area contributed by atoms with Gasteiger partial charge in [-0.2, -0.15) is 0 Å². The van der Waals surface area contributed by atoms with Crippen molar-refractivity contribution in [3.63, 3.8) is 0 Å². The van der Waals surface area contributed by atoms with Crippen LogP contribution in [0.2, 0.25) is 0 Å². The Hall–Kier alpha value is -1.44. The first-order chi connectivity index (χ1) is 8.55. The molecule has 0 bridgehead atoms. The summed E-state index contributed by atoms with van der Waals surface area (Å²) in [6.07, 6.45) is 0.200. The quantitative estimate of drug-likeness (QED) is 0.732. The van der Waals surface area contributed by atoms with Crippen LogP contribution in [0.4, 0.5) is 5.69 Å². The zero-order chi connectivity index (χ0) is 14.7. The molecule has 1 aromatic carbocycles. The number of carbonyl (C=O) groups is 1. The summed E-state index contributed by atoms with van der Waals surface area (Å²) in [6.45, 7) is 3.53. The third kappa shape index (κ3) is 6.90. The smallest absolute Gasteiger partial charge is 0.226 e. The van der Waals surface area contributed by atoms with E-state index in [4.69, 9.17) is 10.9 Å². The highest BCUT2D eigenvalue weighted by Gasteiger charge is 2.16. The van der Waals surface area contributed by atoms with E-state index in [9.17, 15) is 13.2 Å². The standard InChI is InChI=1S/C12H19N3O3S/c1-12(2,13)7-11(16)15-10-5-3-9(4-6-10)8-19(14,17)18/h3-6H,7-8,13H2,1-2H3,(H,15,16)(H2,14,17,18). The average Bonchev–Trinajstić information content (AvgIpc) is 2.15. The molecule has 1 rings (SSSR count). The van der Waals surface area contributed by atoms with Gasteiger partial charge in [-0.15, -0.1) is 0 Å². The lowest BCUT2D eigenvalue weighted by Gasteiger charge is -2.17. The first-order valence-corrected chi connectivity index (χ1v) is 7.45. The third-order valence-corrected chi connectivity index (χ3v) is 2.96. The summed E-state index contributed by atoms with van der Waals surface area (Å²) in [7, 11) is -3.54. The molecule has 0 unspecified atom stereocenters. The minimum atomic E-state index is -3.54. The zero-order valence-corrected chi connectivity index (χ0v) is 11.8. The molecule has 6 nitrogen and oxygen atoms in total. The second kappa shape index (κ2) is 5.68. The summed E-state index contributed by atoms with van der Waals surface area (Å²) in [5.74, 6) is -0.413. The Morgan fingerprint density at radius 3 is 2.21 bits per heavy atom. The van der Waals surface area contributed by atoms with Crippen molar-refractivity contribution in [2.24, 2.45) is 10.9 Å². The highest BCUT2D eigenvalue weighted by atomic mass is 32.2. The average molecular weight is 285 g/mol. The van der Waals surface area contributed by atoms with Crippen LogP contribution in [-0.2, 0) is 20.6 Å².